The summed E-state index contributed by atoms with van der Waals surface area (Å²) in [6.07, 6.45) is 3.88. The highest BCUT2D eigenvalue weighted by Crippen LogP contribution is 2.31. The fourth-order valence-corrected chi connectivity index (χ4v) is 1.64. The van der Waals surface area contributed by atoms with Crippen LogP contribution in [0.2, 0.25) is 0 Å². The van der Waals surface area contributed by atoms with E-state index in [1.54, 1.807) is 0 Å². The Morgan fingerprint density at radius 3 is 2.85 bits per heavy atom. The van der Waals surface area contributed by atoms with Crippen LogP contribution in [0.3, 0.4) is 0 Å². The first-order valence-electron chi connectivity index (χ1n) is 4.89. The van der Waals surface area contributed by atoms with Crippen LogP contribution in [0.15, 0.2) is 6.20 Å². The van der Waals surface area contributed by atoms with Crippen molar-refractivity contribution >= 4 is 0 Å². The quantitative estimate of drug-likeness (QED) is 0.702. The maximum atomic E-state index is 13.2. The van der Waals surface area contributed by atoms with E-state index in [0.29, 0.717) is 0 Å². The van der Waals surface area contributed by atoms with Gasteiger partial charge in [-0.1, -0.05) is 13.8 Å². The molecule has 2 nitrogen and oxygen atoms in total. The Morgan fingerprint density at radius 1 is 1.62 bits per heavy atom. The smallest absolute Gasteiger partial charge is 0.164 e. The normalized spacial score (nSPS) is 16.9. The van der Waals surface area contributed by atoms with E-state index >= 15 is 0 Å². The van der Waals surface area contributed by atoms with E-state index in [4.69, 9.17) is 0 Å². The van der Waals surface area contributed by atoms with E-state index in [1.807, 2.05) is 18.5 Å². The Labute approximate surface area is 77.8 Å². The van der Waals surface area contributed by atoms with Crippen LogP contribution in [-0.4, -0.2) is 9.78 Å². The van der Waals surface area contributed by atoms with E-state index in [0.717, 1.165) is 18.2 Å². The molecule has 1 aliphatic rings. The summed E-state index contributed by atoms with van der Waals surface area (Å²) in [4.78, 5) is 0. The topological polar surface area (TPSA) is 17.8 Å². The lowest BCUT2D eigenvalue weighted by Crippen LogP contribution is -2.08. The Morgan fingerprint density at radius 2 is 2.31 bits per heavy atom. The van der Waals surface area contributed by atoms with E-state index in [2.05, 4.69) is 5.10 Å². The molecule has 0 atom stereocenters. The number of aromatic nitrogens is 2. The summed E-state index contributed by atoms with van der Waals surface area (Å²) in [5.41, 5.74) is 0.756. The van der Waals surface area contributed by atoms with E-state index in [-0.39, 0.29) is 11.7 Å². The molecule has 0 aliphatic heterocycles. The zero-order valence-electron chi connectivity index (χ0n) is 8.13. The van der Waals surface area contributed by atoms with Gasteiger partial charge in [0.2, 0.25) is 0 Å². The molecule has 1 saturated carbocycles. The molecule has 0 unspecified atom stereocenters. The third kappa shape index (κ3) is 1.74. The lowest BCUT2D eigenvalue weighted by atomic mass is 10.1. The fourth-order valence-electron chi connectivity index (χ4n) is 1.64. The Bertz CT molecular complexity index is 300. The van der Waals surface area contributed by atoms with Gasteiger partial charge in [0, 0.05) is 6.54 Å². The second-order valence-corrected chi connectivity index (χ2v) is 4.16. The Balaban J connectivity index is 2.22. The third-order valence-electron chi connectivity index (χ3n) is 2.51. The first kappa shape index (κ1) is 8.73. The van der Waals surface area contributed by atoms with Crippen molar-refractivity contribution in [3.8, 4) is 0 Å². The molecular formula is C10H15FN2. The van der Waals surface area contributed by atoms with Crippen molar-refractivity contribution < 1.29 is 4.39 Å². The Kier molecular flexibility index (Phi) is 2.10. The maximum Gasteiger partial charge on any atom is 0.164 e. The lowest BCUT2D eigenvalue weighted by Gasteiger charge is -2.09. The summed E-state index contributed by atoms with van der Waals surface area (Å²) in [7, 11) is 0. The van der Waals surface area contributed by atoms with Crippen molar-refractivity contribution in [2.45, 2.75) is 39.2 Å². The van der Waals surface area contributed by atoms with Gasteiger partial charge in [0.25, 0.3) is 0 Å². The fraction of sp³-hybridized carbons (Fsp3) is 0.700. The second-order valence-electron chi connectivity index (χ2n) is 4.16. The maximum absolute atomic E-state index is 13.2. The number of rotatable bonds is 3. The molecule has 1 heterocycles. The molecule has 0 amide bonds. The molecule has 0 bridgehead atoms. The van der Waals surface area contributed by atoms with Gasteiger partial charge in [-0.2, -0.15) is 5.10 Å². The molecular weight excluding hydrogens is 167 g/mol. The zero-order valence-corrected chi connectivity index (χ0v) is 8.13. The summed E-state index contributed by atoms with van der Waals surface area (Å²) in [5, 5.41) is 4.06. The van der Waals surface area contributed by atoms with Gasteiger partial charge in [-0.05, 0) is 24.7 Å². The summed E-state index contributed by atoms with van der Waals surface area (Å²) < 4.78 is 15.1. The molecule has 1 fully saturated rings. The largest absolute Gasteiger partial charge is 0.266 e. The minimum absolute atomic E-state index is 0.157. The molecule has 0 N–H and O–H groups in total. The minimum Gasteiger partial charge on any atom is -0.266 e. The highest BCUT2D eigenvalue weighted by atomic mass is 19.1. The van der Waals surface area contributed by atoms with Gasteiger partial charge in [0.1, 0.15) is 0 Å². The number of nitrogens with zero attached hydrogens (tertiary/aromatic N) is 2. The van der Waals surface area contributed by atoms with Gasteiger partial charge in [-0.15, -0.1) is 0 Å². The van der Waals surface area contributed by atoms with E-state index in [9.17, 15) is 4.39 Å². The second kappa shape index (κ2) is 3.13. The van der Waals surface area contributed by atoms with Gasteiger partial charge in [-0.3, -0.25) is 4.68 Å². The molecule has 1 aromatic heterocycles. The molecule has 0 aromatic carbocycles. The molecule has 1 aliphatic carbocycles. The van der Waals surface area contributed by atoms with Crippen molar-refractivity contribution in [3.63, 3.8) is 0 Å². The number of hydrogen-bond donors (Lipinski definition) is 0. The monoisotopic (exact) mass is 182 g/mol. The molecule has 13 heavy (non-hydrogen) atoms. The van der Waals surface area contributed by atoms with Crippen LogP contribution in [0.5, 0.6) is 0 Å². The third-order valence-corrected chi connectivity index (χ3v) is 2.51. The van der Waals surface area contributed by atoms with Crippen LogP contribution in [-0.2, 0) is 6.54 Å². The van der Waals surface area contributed by atoms with Crippen LogP contribution in [0, 0.1) is 11.7 Å². The number of hydrogen-bond acceptors (Lipinski definition) is 1. The van der Waals surface area contributed by atoms with Crippen LogP contribution >= 0.6 is 0 Å². The highest BCUT2D eigenvalue weighted by molar-refractivity contribution is 5.09. The minimum atomic E-state index is -0.157. The number of halogens is 1. The molecule has 0 radical (unpaired) electrons. The van der Waals surface area contributed by atoms with Gasteiger partial charge in [0.05, 0.1) is 11.9 Å². The van der Waals surface area contributed by atoms with E-state index in [1.165, 1.54) is 19.0 Å². The highest BCUT2D eigenvalue weighted by Gasteiger charge is 2.24. The van der Waals surface area contributed by atoms with Crippen molar-refractivity contribution in [1.82, 2.24) is 9.78 Å². The van der Waals surface area contributed by atoms with Crippen molar-refractivity contribution in [2.75, 3.05) is 0 Å². The average molecular weight is 182 g/mol. The first-order chi connectivity index (χ1) is 6.18. The molecule has 1 aromatic rings. The van der Waals surface area contributed by atoms with Gasteiger partial charge < -0.3 is 0 Å². The summed E-state index contributed by atoms with van der Waals surface area (Å²) in [6.45, 7) is 4.91. The van der Waals surface area contributed by atoms with Crippen molar-refractivity contribution in [2.24, 2.45) is 5.92 Å². The summed E-state index contributed by atoms with van der Waals surface area (Å²) in [6, 6.07) is 0. The predicted octanol–water partition coefficient (Wildman–Crippen LogP) is 2.56. The first-order valence-corrected chi connectivity index (χ1v) is 4.89. The van der Waals surface area contributed by atoms with Crippen LogP contribution in [0.25, 0.3) is 0 Å². The molecule has 0 saturated heterocycles. The van der Waals surface area contributed by atoms with Crippen molar-refractivity contribution in [3.05, 3.63) is 17.7 Å². The standard InChI is InChI=1S/C10H15FN2/c1-7(2)10-9(11)5-12-13(10)6-8-3-4-8/h5,7-8H,3-4,6H2,1-2H3. The van der Waals surface area contributed by atoms with Gasteiger partial charge in [0.15, 0.2) is 5.82 Å². The average Bonchev–Trinajstić information content (AvgIpc) is 2.76. The van der Waals surface area contributed by atoms with Crippen molar-refractivity contribution in [1.29, 1.82) is 0 Å². The molecule has 2 rings (SSSR count). The zero-order chi connectivity index (χ0) is 9.42. The van der Waals surface area contributed by atoms with Gasteiger partial charge >= 0.3 is 0 Å². The predicted molar refractivity (Wildman–Crippen MR) is 49.0 cm³/mol. The molecule has 3 heteroatoms. The molecule has 0 spiro atoms. The SMILES string of the molecule is CC(C)c1c(F)cnn1CC1CC1. The van der Waals surface area contributed by atoms with Gasteiger partial charge in [-0.25, -0.2) is 4.39 Å². The summed E-state index contributed by atoms with van der Waals surface area (Å²) >= 11 is 0. The summed E-state index contributed by atoms with van der Waals surface area (Å²) in [5.74, 6) is 0.814. The Hall–Kier alpha value is -0.860. The van der Waals surface area contributed by atoms with E-state index < -0.39 is 0 Å². The van der Waals surface area contributed by atoms with Crippen LogP contribution < -0.4 is 0 Å². The van der Waals surface area contributed by atoms with Crippen LogP contribution in [0.1, 0.15) is 38.3 Å². The molecule has 72 valence electrons. The van der Waals surface area contributed by atoms with Crippen LogP contribution in [0.4, 0.5) is 4.39 Å². The lowest BCUT2D eigenvalue weighted by molar-refractivity contribution is 0.508.